The highest BCUT2D eigenvalue weighted by Gasteiger charge is 2.46. The lowest BCUT2D eigenvalue weighted by Crippen LogP contribution is -2.40. The number of aliphatic carboxylic acids is 1. The van der Waals surface area contributed by atoms with Gasteiger partial charge in [-0.05, 0) is 30.7 Å². The zero-order valence-electron chi connectivity index (χ0n) is 16.0. The van der Waals surface area contributed by atoms with E-state index < -0.39 is 11.4 Å². The Morgan fingerprint density at radius 2 is 1.96 bits per heavy atom. The quantitative estimate of drug-likeness (QED) is 0.763. The van der Waals surface area contributed by atoms with Gasteiger partial charge in [0.2, 0.25) is 0 Å². The Bertz CT molecular complexity index is 869. The van der Waals surface area contributed by atoms with Crippen LogP contribution >= 0.6 is 0 Å². The summed E-state index contributed by atoms with van der Waals surface area (Å²) in [5.41, 5.74) is 0.879. The van der Waals surface area contributed by atoms with Gasteiger partial charge in [-0.15, -0.1) is 0 Å². The number of para-hydroxylation sites is 1. The van der Waals surface area contributed by atoms with Crippen molar-refractivity contribution in [3.05, 3.63) is 54.1 Å². The first-order valence-corrected chi connectivity index (χ1v) is 9.01. The maximum atomic E-state index is 13.1. The van der Waals surface area contributed by atoms with E-state index in [1.807, 2.05) is 36.4 Å². The number of carbonyl (C=O) groups is 2. The Balaban J connectivity index is 1.82. The Morgan fingerprint density at radius 1 is 1.18 bits per heavy atom. The predicted molar refractivity (Wildman–Crippen MR) is 105 cm³/mol. The van der Waals surface area contributed by atoms with Crippen LogP contribution in [-0.4, -0.2) is 55.8 Å². The van der Waals surface area contributed by atoms with Gasteiger partial charge in [0.05, 0.1) is 25.0 Å². The molecule has 1 atom stereocenters. The van der Waals surface area contributed by atoms with Crippen LogP contribution in [-0.2, 0) is 9.53 Å². The number of benzene rings is 2. The average molecular weight is 384 g/mol. The lowest BCUT2D eigenvalue weighted by molar-refractivity contribution is -0.151. The molecule has 1 fully saturated rings. The van der Waals surface area contributed by atoms with Crippen molar-refractivity contribution in [3.8, 4) is 5.75 Å². The van der Waals surface area contributed by atoms with Gasteiger partial charge in [-0.2, -0.15) is 0 Å². The average Bonchev–Trinajstić information content (AvgIpc) is 3.14. The van der Waals surface area contributed by atoms with Crippen molar-refractivity contribution < 1.29 is 24.2 Å². The number of anilines is 2. The van der Waals surface area contributed by atoms with E-state index in [-0.39, 0.29) is 19.1 Å². The molecular weight excluding hydrogens is 360 g/mol. The monoisotopic (exact) mass is 384 g/mol. The molecule has 0 spiro atoms. The van der Waals surface area contributed by atoms with Gasteiger partial charge in [-0.3, -0.25) is 9.59 Å². The van der Waals surface area contributed by atoms with E-state index in [9.17, 15) is 14.7 Å². The Hall–Kier alpha value is -3.06. The zero-order chi connectivity index (χ0) is 20.1. The molecule has 0 aromatic heterocycles. The summed E-state index contributed by atoms with van der Waals surface area (Å²) in [6.07, 6.45) is 0.368. The Labute approximate surface area is 163 Å². The first-order chi connectivity index (χ1) is 13.5. The first kappa shape index (κ1) is 19.7. The van der Waals surface area contributed by atoms with Crippen LogP contribution in [0.4, 0.5) is 11.4 Å². The van der Waals surface area contributed by atoms with E-state index in [1.165, 1.54) is 7.11 Å². The maximum absolute atomic E-state index is 13.1. The van der Waals surface area contributed by atoms with Crippen LogP contribution in [0.15, 0.2) is 48.5 Å². The number of ether oxygens (including phenoxy) is 2. The highest BCUT2D eigenvalue weighted by atomic mass is 16.5. The van der Waals surface area contributed by atoms with Gasteiger partial charge >= 0.3 is 5.97 Å². The molecule has 0 radical (unpaired) electrons. The second kappa shape index (κ2) is 8.31. The standard InChI is InChI=1S/C21H24N2O5/c1-27-14-21(20(25)26)10-11-23(13-21)19(24)17-8-3-4-9-18(17)22-15-6-5-7-16(12-15)28-2/h3-9,12,22H,10-11,13-14H2,1-2H3,(H,25,26). The minimum absolute atomic E-state index is 0.0792. The molecule has 0 bridgehead atoms. The van der Waals surface area contributed by atoms with Gasteiger partial charge < -0.3 is 24.8 Å². The van der Waals surface area contributed by atoms with Crippen LogP contribution < -0.4 is 10.1 Å². The third kappa shape index (κ3) is 3.94. The minimum atomic E-state index is -1.06. The molecule has 1 aliphatic heterocycles. The number of carboxylic acid groups (broad SMARTS) is 1. The van der Waals surface area contributed by atoms with Gasteiger partial charge in [0.1, 0.15) is 11.2 Å². The summed E-state index contributed by atoms with van der Waals surface area (Å²) in [7, 11) is 3.07. The fraction of sp³-hybridized carbons (Fsp3) is 0.333. The fourth-order valence-corrected chi connectivity index (χ4v) is 3.48. The van der Waals surface area contributed by atoms with E-state index in [2.05, 4.69) is 5.32 Å². The highest BCUT2D eigenvalue weighted by molar-refractivity contribution is 6.01. The summed E-state index contributed by atoms with van der Waals surface area (Å²) in [6.45, 7) is 0.584. The van der Waals surface area contributed by atoms with Crippen LogP contribution in [0.5, 0.6) is 5.75 Å². The smallest absolute Gasteiger partial charge is 0.313 e. The second-order valence-corrected chi connectivity index (χ2v) is 6.90. The zero-order valence-corrected chi connectivity index (χ0v) is 16.0. The Kier molecular flexibility index (Phi) is 5.84. The number of hydrogen-bond acceptors (Lipinski definition) is 5. The van der Waals surface area contributed by atoms with Crippen molar-refractivity contribution in [1.29, 1.82) is 0 Å². The number of rotatable bonds is 7. The van der Waals surface area contributed by atoms with Gasteiger partial charge in [0.25, 0.3) is 5.91 Å². The maximum Gasteiger partial charge on any atom is 0.313 e. The molecular formula is C21H24N2O5. The van der Waals surface area contributed by atoms with Gasteiger partial charge in [0, 0.05) is 32.0 Å². The summed E-state index contributed by atoms with van der Waals surface area (Å²) in [4.78, 5) is 26.5. The molecule has 28 heavy (non-hydrogen) atoms. The molecule has 7 nitrogen and oxygen atoms in total. The highest BCUT2D eigenvalue weighted by Crippen LogP contribution is 2.33. The lowest BCUT2D eigenvalue weighted by Gasteiger charge is -2.24. The molecule has 2 aromatic rings. The molecule has 2 aromatic carbocycles. The van der Waals surface area contributed by atoms with Crippen molar-refractivity contribution in [2.45, 2.75) is 6.42 Å². The number of amides is 1. The normalized spacial score (nSPS) is 18.7. The fourth-order valence-electron chi connectivity index (χ4n) is 3.48. The van der Waals surface area contributed by atoms with Crippen molar-refractivity contribution in [1.82, 2.24) is 4.90 Å². The molecule has 0 saturated carbocycles. The van der Waals surface area contributed by atoms with Crippen LogP contribution in [0.2, 0.25) is 0 Å². The molecule has 3 rings (SSSR count). The molecule has 0 aliphatic carbocycles. The van der Waals surface area contributed by atoms with Crippen molar-refractivity contribution in [3.63, 3.8) is 0 Å². The largest absolute Gasteiger partial charge is 0.497 e. The summed E-state index contributed by atoms with van der Waals surface area (Å²) >= 11 is 0. The van der Waals surface area contributed by atoms with Crippen LogP contribution in [0.1, 0.15) is 16.8 Å². The molecule has 1 unspecified atom stereocenters. The van der Waals surface area contributed by atoms with Gasteiger partial charge in [-0.1, -0.05) is 18.2 Å². The predicted octanol–water partition coefficient (Wildman–Crippen LogP) is 3.00. The van der Waals surface area contributed by atoms with Crippen molar-refractivity contribution in [2.75, 3.05) is 39.2 Å². The molecule has 1 amide bonds. The van der Waals surface area contributed by atoms with Crippen molar-refractivity contribution in [2.24, 2.45) is 5.41 Å². The SMILES string of the molecule is COCC1(C(=O)O)CCN(C(=O)c2ccccc2Nc2cccc(OC)c2)C1. The van der Waals surface area contributed by atoms with Crippen LogP contribution in [0.25, 0.3) is 0 Å². The van der Waals surface area contributed by atoms with E-state index in [0.717, 1.165) is 5.69 Å². The number of carbonyl (C=O) groups excluding carboxylic acids is 1. The number of carboxylic acids is 1. The molecule has 1 aliphatic rings. The second-order valence-electron chi connectivity index (χ2n) is 6.90. The lowest BCUT2D eigenvalue weighted by atomic mass is 9.88. The van der Waals surface area contributed by atoms with E-state index in [0.29, 0.717) is 30.0 Å². The van der Waals surface area contributed by atoms with E-state index >= 15 is 0 Å². The summed E-state index contributed by atoms with van der Waals surface area (Å²) in [5, 5.41) is 12.9. The number of hydrogen-bond donors (Lipinski definition) is 2. The minimum Gasteiger partial charge on any atom is -0.497 e. The number of likely N-dealkylation sites (tertiary alicyclic amines) is 1. The Morgan fingerprint density at radius 3 is 2.68 bits per heavy atom. The number of methoxy groups -OCH3 is 2. The summed E-state index contributed by atoms with van der Waals surface area (Å²) < 4.78 is 10.3. The molecule has 2 N–H and O–H groups in total. The summed E-state index contributed by atoms with van der Waals surface area (Å²) in [5.74, 6) is -0.433. The van der Waals surface area contributed by atoms with Gasteiger partial charge in [0.15, 0.2) is 0 Å². The number of nitrogens with one attached hydrogen (secondary N) is 1. The summed E-state index contributed by atoms with van der Waals surface area (Å²) in [6, 6.07) is 14.6. The molecule has 1 heterocycles. The third-order valence-electron chi connectivity index (χ3n) is 5.02. The number of nitrogens with zero attached hydrogens (tertiary/aromatic N) is 1. The van der Waals surface area contributed by atoms with E-state index in [1.54, 1.807) is 24.1 Å². The third-order valence-corrected chi connectivity index (χ3v) is 5.02. The molecule has 7 heteroatoms. The first-order valence-electron chi connectivity index (χ1n) is 9.01. The van der Waals surface area contributed by atoms with Crippen molar-refractivity contribution >= 4 is 23.3 Å². The molecule has 1 saturated heterocycles. The van der Waals surface area contributed by atoms with E-state index in [4.69, 9.17) is 9.47 Å². The van der Waals surface area contributed by atoms with Crippen LogP contribution in [0, 0.1) is 5.41 Å². The van der Waals surface area contributed by atoms with Gasteiger partial charge in [-0.25, -0.2) is 0 Å². The van der Waals surface area contributed by atoms with Crippen LogP contribution in [0.3, 0.4) is 0 Å². The topological polar surface area (TPSA) is 88.1 Å². The molecule has 148 valence electrons.